The molecule has 0 aliphatic carbocycles. The van der Waals surface area contributed by atoms with Gasteiger partial charge < -0.3 is 9.94 Å². The summed E-state index contributed by atoms with van der Waals surface area (Å²) in [6, 6.07) is 13.6. The average molecular weight is 360 g/mol. The monoisotopic (exact) mass is 359 g/mol. The van der Waals surface area contributed by atoms with Gasteiger partial charge in [0.05, 0.1) is 5.71 Å². The van der Waals surface area contributed by atoms with E-state index in [0.717, 1.165) is 22.4 Å². The number of ketones is 1. The van der Waals surface area contributed by atoms with Gasteiger partial charge in [-0.1, -0.05) is 52.7 Å². The number of aryl methyl sites for hydroxylation is 2. The van der Waals surface area contributed by atoms with E-state index in [0.29, 0.717) is 18.1 Å². The molecule has 0 aliphatic rings. The topological polar surface area (TPSA) is 58.9 Å². The van der Waals surface area contributed by atoms with E-state index < -0.39 is 6.61 Å². The molecule has 0 saturated carbocycles. The van der Waals surface area contributed by atoms with Crippen molar-refractivity contribution in [1.29, 1.82) is 0 Å². The Balaban J connectivity index is 2.02. The van der Waals surface area contributed by atoms with E-state index in [2.05, 4.69) is 11.2 Å². The van der Waals surface area contributed by atoms with Crippen molar-refractivity contribution in [1.82, 2.24) is 0 Å². The van der Waals surface area contributed by atoms with Crippen LogP contribution in [0.4, 0.5) is 0 Å². The van der Waals surface area contributed by atoms with E-state index in [1.807, 2.05) is 44.2 Å². The van der Waals surface area contributed by atoms with Crippen LogP contribution in [0.1, 0.15) is 35.6 Å². The summed E-state index contributed by atoms with van der Waals surface area (Å²) < 4.78 is 0. The van der Waals surface area contributed by atoms with Gasteiger partial charge in [-0.3, -0.25) is 4.79 Å². The molecule has 0 amide bonds. The van der Waals surface area contributed by atoms with Crippen LogP contribution in [0.2, 0.25) is 5.02 Å². The fourth-order valence-electron chi connectivity index (χ4n) is 2.40. The molecule has 1 N–H and O–H groups in total. The molecule has 0 unspecified atom stereocenters. The van der Waals surface area contributed by atoms with Gasteiger partial charge in [-0.15, -0.1) is 0 Å². The Morgan fingerprint density at radius 1 is 1.24 bits per heavy atom. The summed E-state index contributed by atoms with van der Waals surface area (Å²) in [7, 11) is 0. The predicted molar refractivity (Wildman–Crippen MR) is 100 cm³/mol. The number of halogens is 1. The van der Waals surface area contributed by atoms with E-state index in [1.54, 1.807) is 6.07 Å². The molecule has 0 bridgehead atoms. The highest BCUT2D eigenvalue weighted by Crippen LogP contribution is 2.20. The number of nitrogens with zero attached hydrogens (tertiary/aromatic N) is 1. The van der Waals surface area contributed by atoms with Crippen molar-refractivity contribution in [2.45, 2.75) is 33.3 Å². The minimum atomic E-state index is -0.440. The standard InChI is InChI=1S/C20H22ClNO3/c1-14-4-3-5-16(10-14)13-25-22-15(2)17-7-9-20(21)18(11-17)6-8-19(24)12-23/h3-5,7,9-11,23H,6,8,12-13H2,1-2H3/b22-15+. The van der Waals surface area contributed by atoms with Crippen LogP contribution in [0.25, 0.3) is 0 Å². The smallest absolute Gasteiger partial charge is 0.158 e. The Morgan fingerprint density at radius 2 is 2.04 bits per heavy atom. The number of oxime groups is 1. The zero-order chi connectivity index (χ0) is 18.2. The maximum atomic E-state index is 11.3. The van der Waals surface area contributed by atoms with E-state index >= 15 is 0 Å². The number of Topliss-reactive ketones (excluding diaryl/α,β-unsaturated/α-hetero) is 1. The second-order valence-corrected chi connectivity index (χ2v) is 6.35. The quantitative estimate of drug-likeness (QED) is 0.570. The van der Waals surface area contributed by atoms with Crippen LogP contribution in [0, 0.1) is 6.92 Å². The van der Waals surface area contributed by atoms with Gasteiger partial charge in [0, 0.05) is 11.4 Å². The lowest BCUT2D eigenvalue weighted by atomic mass is 10.0. The number of aliphatic hydroxyl groups excluding tert-OH is 1. The number of benzene rings is 2. The average Bonchev–Trinajstić information content (AvgIpc) is 2.60. The van der Waals surface area contributed by atoms with Gasteiger partial charge in [0.2, 0.25) is 0 Å². The summed E-state index contributed by atoms with van der Waals surface area (Å²) in [5.41, 5.74) is 4.73. The van der Waals surface area contributed by atoms with Gasteiger partial charge >= 0.3 is 0 Å². The molecule has 2 rings (SSSR count). The molecule has 25 heavy (non-hydrogen) atoms. The van der Waals surface area contributed by atoms with E-state index in [4.69, 9.17) is 21.5 Å². The SMILES string of the molecule is C/C(=N\OCc1cccc(C)c1)c1ccc(Cl)c(CCC(=O)CO)c1. The molecule has 0 atom stereocenters. The second-order valence-electron chi connectivity index (χ2n) is 5.94. The molecule has 0 aromatic heterocycles. The fourth-order valence-corrected chi connectivity index (χ4v) is 2.61. The molecule has 5 heteroatoms. The minimum Gasteiger partial charge on any atom is -0.391 e. The zero-order valence-electron chi connectivity index (χ0n) is 14.5. The summed E-state index contributed by atoms with van der Waals surface area (Å²) in [4.78, 5) is 16.7. The lowest BCUT2D eigenvalue weighted by Gasteiger charge is -2.08. The fraction of sp³-hybridized carbons (Fsp3) is 0.300. The highest BCUT2D eigenvalue weighted by molar-refractivity contribution is 6.31. The lowest BCUT2D eigenvalue weighted by molar-refractivity contribution is -0.121. The van der Waals surface area contributed by atoms with Crippen molar-refractivity contribution < 1.29 is 14.7 Å². The van der Waals surface area contributed by atoms with Gasteiger partial charge in [0.25, 0.3) is 0 Å². The van der Waals surface area contributed by atoms with Gasteiger partial charge in [-0.2, -0.15) is 0 Å². The van der Waals surface area contributed by atoms with Crippen molar-refractivity contribution in [2.24, 2.45) is 5.16 Å². The van der Waals surface area contributed by atoms with Crippen molar-refractivity contribution >= 4 is 23.1 Å². The first-order valence-electron chi connectivity index (χ1n) is 8.13. The maximum absolute atomic E-state index is 11.3. The number of rotatable bonds is 8. The van der Waals surface area contributed by atoms with Gasteiger partial charge in [0.1, 0.15) is 13.2 Å². The number of carbonyl (C=O) groups excluding carboxylic acids is 1. The maximum Gasteiger partial charge on any atom is 0.158 e. The Bertz CT molecular complexity index is 771. The van der Waals surface area contributed by atoms with Crippen LogP contribution in [-0.2, 0) is 22.7 Å². The van der Waals surface area contributed by atoms with Crippen molar-refractivity contribution in [2.75, 3.05) is 6.61 Å². The molecule has 2 aromatic carbocycles. The summed E-state index contributed by atoms with van der Waals surface area (Å²) in [5.74, 6) is -0.201. The van der Waals surface area contributed by atoms with E-state index in [-0.39, 0.29) is 12.2 Å². The number of carbonyl (C=O) groups is 1. The van der Waals surface area contributed by atoms with Crippen molar-refractivity contribution in [3.05, 3.63) is 69.7 Å². The highest BCUT2D eigenvalue weighted by Gasteiger charge is 2.07. The van der Waals surface area contributed by atoms with Crippen LogP contribution in [0.5, 0.6) is 0 Å². The van der Waals surface area contributed by atoms with Gasteiger partial charge in [0.15, 0.2) is 5.78 Å². The Hall–Kier alpha value is -2.17. The third kappa shape index (κ3) is 6.00. The molecule has 0 radical (unpaired) electrons. The van der Waals surface area contributed by atoms with Crippen LogP contribution < -0.4 is 0 Å². The van der Waals surface area contributed by atoms with Crippen LogP contribution in [0.3, 0.4) is 0 Å². The van der Waals surface area contributed by atoms with Crippen molar-refractivity contribution in [3.63, 3.8) is 0 Å². The summed E-state index contributed by atoms with van der Waals surface area (Å²) in [6.45, 7) is 3.87. The first-order chi connectivity index (χ1) is 12.0. The third-order valence-corrected chi connectivity index (χ3v) is 4.20. The molecule has 0 heterocycles. The molecule has 0 spiro atoms. The minimum absolute atomic E-state index is 0.201. The van der Waals surface area contributed by atoms with Crippen LogP contribution >= 0.6 is 11.6 Å². The Labute approximate surface area is 153 Å². The largest absolute Gasteiger partial charge is 0.391 e. The van der Waals surface area contributed by atoms with Gasteiger partial charge in [-0.25, -0.2) is 0 Å². The van der Waals surface area contributed by atoms with Crippen LogP contribution in [-0.4, -0.2) is 23.2 Å². The van der Waals surface area contributed by atoms with Crippen LogP contribution in [0.15, 0.2) is 47.6 Å². The molecule has 2 aromatic rings. The van der Waals surface area contributed by atoms with E-state index in [9.17, 15) is 4.79 Å². The third-order valence-electron chi connectivity index (χ3n) is 3.83. The van der Waals surface area contributed by atoms with Gasteiger partial charge in [-0.05, 0) is 49.1 Å². The molecular formula is C20H22ClNO3. The number of aliphatic hydroxyl groups is 1. The molecular weight excluding hydrogens is 338 g/mol. The lowest BCUT2D eigenvalue weighted by Crippen LogP contribution is -2.06. The molecule has 132 valence electrons. The van der Waals surface area contributed by atoms with Crippen molar-refractivity contribution in [3.8, 4) is 0 Å². The zero-order valence-corrected chi connectivity index (χ0v) is 15.2. The Morgan fingerprint density at radius 3 is 2.76 bits per heavy atom. The first kappa shape index (κ1) is 19.2. The summed E-state index contributed by atoms with van der Waals surface area (Å²) >= 11 is 6.18. The normalized spacial score (nSPS) is 11.4. The molecule has 4 nitrogen and oxygen atoms in total. The Kier molecular flexibility index (Phi) is 7.16. The molecule has 0 saturated heterocycles. The van der Waals surface area contributed by atoms with E-state index in [1.165, 1.54) is 5.56 Å². The summed E-state index contributed by atoms with van der Waals surface area (Å²) in [5, 5.41) is 13.6. The molecule has 0 aliphatic heterocycles. The number of hydrogen-bond donors (Lipinski definition) is 1. The first-order valence-corrected chi connectivity index (χ1v) is 8.51. The number of hydrogen-bond acceptors (Lipinski definition) is 4. The predicted octanol–water partition coefficient (Wildman–Crippen LogP) is 4.08. The molecule has 0 fully saturated rings. The highest BCUT2D eigenvalue weighted by atomic mass is 35.5. The second kappa shape index (κ2) is 9.35. The summed E-state index contributed by atoms with van der Waals surface area (Å²) in [6.07, 6.45) is 0.753.